The predicted molar refractivity (Wildman–Crippen MR) is 90.1 cm³/mol. The van der Waals surface area contributed by atoms with Crippen molar-refractivity contribution >= 4 is 15.7 Å². The quantitative estimate of drug-likeness (QED) is 0.746. The number of carbonyl (C=O) groups is 1. The summed E-state index contributed by atoms with van der Waals surface area (Å²) in [6, 6.07) is 5.75. The van der Waals surface area contributed by atoms with E-state index in [9.17, 15) is 13.2 Å². The maximum absolute atomic E-state index is 12.2. The smallest absolute Gasteiger partial charge is 0.246 e. The molecule has 0 spiro atoms. The number of hydrogen-bond acceptors (Lipinski definition) is 4. The fourth-order valence-corrected chi connectivity index (χ4v) is 3.96. The molecule has 1 aliphatic rings. The highest BCUT2D eigenvalue weighted by atomic mass is 32.2. The molecule has 0 unspecified atom stereocenters. The lowest BCUT2D eigenvalue weighted by molar-refractivity contribution is -0.130. The molecule has 1 fully saturated rings. The number of rotatable bonds is 6. The third-order valence-corrected chi connectivity index (χ3v) is 5.95. The van der Waals surface area contributed by atoms with Crippen LogP contribution in [0.4, 0.5) is 0 Å². The number of nitrogens with zero attached hydrogens (tertiary/aromatic N) is 1. The number of ether oxygens (including phenoxy) is 1. The van der Waals surface area contributed by atoms with Crippen molar-refractivity contribution in [2.75, 3.05) is 13.4 Å². The van der Waals surface area contributed by atoms with E-state index >= 15 is 0 Å². The van der Waals surface area contributed by atoms with Crippen LogP contribution in [0.3, 0.4) is 0 Å². The Kier molecular flexibility index (Phi) is 5.14. The van der Waals surface area contributed by atoms with Gasteiger partial charge in [-0.05, 0) is 37.5 Å². The maximum atomic E-state index is 12.2. The molecule has 6 heteroatoms. The first-order chi connectivity index (χ1) is 10.8. The van der Waals surface area contributed by atoms with E-state index in [1.807, 2.05) is 25.1 Å². The van der Waals surface area contributed by atoms with E-state index in [0.29, 0.717) is 19.4 Å². The van der Waals surface area contributed by atoms with E-state index in [0.717, 1.165) is 16.9 Å². The van der Waals surface area contributed by atoms with E-state index in [-0.39, 0.29) is 17.2 Å². The van der Waals surface area contributed by atoms with Gasteiger partial charge in [0, 0.05) is 24.4 Å². The molecule has 0 atom stereocenters. The Labute approximate surface area is 137 Å². The molecule has 0 N–H and O–H groups in total. The first kappa shape index (κ1) is 17.5. The summed E-state index contributed by atoms with van der Waals surface area (Å²) in [6.07, 6.45) is 3.48. The highest BCUT2D eigenvalue weighted by molar-refractivity contribution is 7.91. The molecule has 1 aliphatic carbocycles. The Morgan fingerprint density at radius 3 is 2.61 bits per heavy atom. The van der Waals surface area contributed by atoms with Crippen LogP contribution in [0.25, 0.3) is 0 Å². The Bertz CT molecular complexity index is 705. The van der Waals surface area contributed by atoms with Crippen molar-refractivity contribution in [2.45, 2.75) is 37.6 Å². The van der Waals surface area contributed by atoms with Crippen LogP contribution in [0.15, 0.2) is 30.9 Å². The Balaban J connectivity index is 2.18. The number of amides is 1. The summed E-state index contributed by atoms with van der Waals surface area (Å²) in [4.78, 5) is 13.9. The lowest BCUT2D eigenvalue weighted by Gasteiger charge is -2.41. The molecule has 5 nitrogen and oxygen atoms in total. The summed E-state index contributed by atoms with van der Waals surface area (Å²) in [7, 11) is -1.45. The standard InChI is InChI=1S/C17H23NO4S/c1-5-17(19)18(14-9-15(10-14)23(4,20)21)11-13-7-6-12(2)8-16(13)22-3/h5-8,14-15H,1,9-11H2,2-4H3. The van der Waals surface area contributed by atoms with Gasteiger partial charge in [0.2, 0.25) is 5.91 Å². The summed E-state index contributed by atoms with van der Waals surface area (Å²) < 4.78 is 28.5. The van der Waals surface area contributed by atoms with Gasteiger partial charge in [-0.25, -0.2) is 8.42 Å². The highest BCUT2D eigenvalue weighted by Gasteiger charge is 2.40. The van der Waals surface area contributed by atoms with E-state index in [1.54, 1.807) is 12.0 Å². The fourth-order valence-electron chi connectivity index (χ4n) is 2.81. The van der Waals surface area contributed by atoms with Crippen molar-refractivity contribution in [2.24, 2.45) is 0 Å². The lowest BCUT2D eigenvalue weighted by atomic mass is 9.90. The van der Waals surface area contributed by atoms with Crippen molar-refractivity contribution in [1.29, 1.82) is 0 Å². The van der Waals surface area contributed by atoms with Gasteiger partial charge in [-0.15, -0.1) is 0 Å². The van der Waals surface area contributed by atoms with Crippen LogP contribution in [0.2, 0.25) is 0 Å². The molecular weight excluding hydrogens is 314 g/mol. The van der Waals surface area contributed by atoms with Crippen molar-refractivity contribution in [1.82, 2.24) is 4.90 Å². The van der Waals surface area contributed by atoms with E-state index < -0.39 is 9.84 Å². The molecule has 1 amide bonds. The molecule has 0 aromatic heterocycles. The summed E-state index contributed by atoms with van der Waals surface area (Å²) in [6.45, 7) is 5.91. The van der Waals surface area contributed by atoms with Crippen LogP contribution >= 0.6 is 0 Å². The average Bonchev–Trinajstić information content (AvgIpc) is 2.43. The largest absolute Gasteiger partial charge is 0.496 e. The number of hydrogen-bond donors (Lipinski definition) is 0. The molecule has 0 radical (unpaired) electrons. The van der Waals surface area contributed by atoms with Crippen LogP contribution in [0.5, 0.6) is 5.75 Å². The third-order valence-electron chi connectivity index (χ3n) is 4.36. The van der Waals surface area contributed by atoms with Crippen LogP contribution in [0, 0.1) is 6.92 Å². The molecule has 126 valence electrons. The van der Waals surface area contributed by atoms with Gasteiger partial charge in [-0.2, -0.15) is 0 Å². The molecule has 2 rings (SSSR count). The van der Waals surface area contributed by atoms with E-state index in [4.69, 9.17) is 4.74 Å². The van der Waals surface area contributed by atoms with Crippen molar-refractivity contribution in [3.63, 3.8) is 0 Å². The second-order valence-corrected chi connectivity index (χ2v) is 8.39. The summed E-state index contributed by atoms with van der Waals surface area (Å²) in [5.74, 6) is 0.537. The number of benzene rings is 1. The van der Waals surface area contributed by atoms with Gasteiger partial charge >= 0.3 is 0 Å². The zero-order valence-corrected chi connectivity index (χ0v) is 14.6. The number of methoxy groups -OCH3 is 1. The Morgan fingerprint density at radius 2 is 2.09 bits per heavy atom. The van der Waals surface area contributed by atoms with Crippen molar-refractivity contribution < 1.29 is 17.9 Å². The molecule has 0 aliphatic heterocycles. The SMILES string of the molecule is C=CC(=O)N(Cc1ccc(C)cc1OC)C1CC(S(C)(=O)=O)C1. The molecule has 23 heavy (non-hydrogen) atoms. The minimum absolute atomic E-state index is 0.0776. The zero-order valence-electron chi connectivity index (χ0n) is 13.8. The molecule has 0 heterocycles. The molecular formula is C17H23NO4S. The zero-order chi connectivity index (χ0) is 17.2. The van der Waals surface area contributed by atoms with Gasteiger partial charge in [-0.1, -0.05) is 18.7 Å². The fraction of sp³-hybridized carbons (Fsp3) is 0.471. The first-order valence-electron chi connectivity index (χ1n) is 7.51. The lowest BCUT2D eigenvalue weighted by Crippen LogP contribution is -2.51. The molecule has 0 bridgehead atoms. The normalized spacial score (nSPS) is 20.5. The van der Waals surface area contributed by atoms with Gasteiger partial charge in [0.05, 0.1) is 12.4 Å². The van der Waals surface area contributed by atoms with Gasteiger partial charge in [0.25, 0.3) is 0 Å². The van der Waals surface area contributed by atoms with Crippen molar-refractivity contribution in [3.8, 4) is 5.75 Å². The van der Waals surface area contributed by atoms with Crippen LogP contribution in [0.1, 0.15) is 24.0 Å². The van der Waals surface area contributed by atoms with E-state index in [2.05, 4.69) is 6.58 Å². The second kappa shape index (κ2) is 6.74. The van der Waals surface area contributed by atoms with E-state index in [1.165, 1.54) is 12.3 Å². The monoisotopic (exact) mass is 337 g/mol. The maximum Gasteiger partial charge on any atom is 0.246 e. The van der Waals surface area contributed by atoms with Crippen LogP contribution in [-0.2, 0) is 21.2 Å². The summed E-state index contributed by atoms with van der Waals surface area (Å²) in [5, 5.41) is -0.354. The van der Waals surface area contributed by atoms with Gasteiger partial charge in [-0.3, -0.25) is 4.79 Å². The summed E-state index contributed by atoms with van der Waals surface area (Å²) >= 11 is 0. The second-order valence-electron chi connectivity index (χ2n) is 6.06. The number of aryl methyl sites for hydroxylation is 1. The minimum atomic E-state index is -3.04. The van der Waals surface area contributed by atoms with Crippen LogP contribution in [-0.4, -0.2) is 43.9 Å². The summed E-state index contributed by atoms with van der Waals surface area (Å²) in [5.41, 5.74) is 1.98. The van der Waals surface area contributed by atoms with Gasteiger partial charge in [0.1, 0.15) is 15.6 Å². The molecule has 1 saturated carbocycles. The minimum Gasteiger partial charge on any atom is -0.496 e. The molecule has 1 aromatic rings. The Hall–Kier alpha value is -1.82. The average molecular weight is 337 g/mol. The number of carbonyl (C=O) groups excluding carboxylic acids is 1. The highest BCUT2D eigenvalue weighted by Crippen LogP contribution is 2.33. The van der Waals surface area contributed by atoms with Crippen molar-refractivity contribution in [3.05, 3.63) is 42.0 Å². The Morgan fingerprint density at radius 1 is 1.43 bits per heavy atom. The van der Waals surface area contributed by atoms with Gasteiger partial charge in [0.15, 0.2) is 0 Å². The topological polar surface area (TPSA) is 63.7 Å². The first-order valence-corrected chi connectivity index (χ1v) is 9.47. The molecule has 0 saturated heterocycles. The van der Waals surface area contributed by atoms with Gasteiger partial charge < -0.3 is 9.64 Å². The van der Waals surface area contributed by atoms with Crippen LogP contribution < -0.4 is 4.74 Å². The number of sulfone groups is 1. The predicted octanol–water partition coefficient (Wildman–Crippen LogP) is 2.09. The molecule has 1 aromatic carbocycles. The third kappa shape index (κ3) is 3.93.